The first kappa shape index (κ1) is 25.0. The third-order valence-corrected chi connectivity index (χ3v) is 5.64. The van der Waals surface area contributed by atoms with Crippen LogP contribution in [0.5, 0.6) is 0 Å². The highest BCUT2D eigenvalue weighted by Gasteiger charge is 2.31. The van der Waals surface area contributed by atoms with Crippen molar-refractivity contribution >= 4 is 17.7 Å². The fourth-order valence-corrected chi connectivity index (χ4v) is 3.70. The Morgan fingerprint density at radius 3 is 2.09 bits per heavy atom. The van der Waals surface area contributed by atoms with Crippen LogP contribution in [0.2, 0.25) is 0 Å². The zero-order valence-corrected chi connectivity index (χ0v) is 20.6. The van der Waals surface area contributed by atoms with Crippen molar-refractivity contribution in [3.63, 3.8) is 0 Å². The summed E-state index contributed by atoms with van der Waals surface area (Å²) in [6.07, 6.45) is -0.608. The molecule has 3 aromatic rings. The van der Waals surface area contributed by atoms with Crippen molar-refractivity contribution in [2.24, 2.45) is 0 Å². The minimum atomic E-state index is -0.863. The Bertz CT molecular complexity index is 1100. The molecule has 0 saturated heterocycles. The summed E-state index contributed by atoms with van der Waals surface area (Å²) in [5, 5.41) is 0. The second-order valence-corrected chi connectivity index (χ2v) is 9.18. The lowest BCUT2D eigenvalue weighted by Crippen LogP contribution is -2.45. The summed E-state index contributed by atoms with van der Waals surface area (Å²) in [4.78, 5) is 27.4. The average Bonchev–Trinajstić information content (AvgIpc) is 2.83. The molecule has 0 heterocycles. The van der Waals surface area contributed by atoms with E-state index in [4.69, 9.17) is 9.47 Å². The predicted molar refractivity (Wildman–Crippen MR) is 136 cm³/mol. The van der Waals surface area contributed by atoms with Crippen molar-refractivity contribution in [2.75, 3.05) is 11.5 Å². The number of esters is 1. The van der Waals surface area contributed by atoms with Gasteiger partial charge in [0.15, 0.2) is 0 Å². The van der Waals surface area contributed by atoms with Gasteiger partial charge in [-0.1, -0.05) is 93.6 Å². The number of nitrogens with zero attached hydrogens (tertiary/aromatic N) is 1. The third kappa shape index (κ3) is 6.04. The minimum absolute atomic E-state index is 0.0315. The van der Waals surface area contributed by atoms with Gasteiger partial charge in [-0.25, -0.2) is 9.59 Å². The smallest absolute Gasteiger partial charge is 0.415 e. The molecular weight excluding hydrogens is 426 g/mol. The van der Waals surface area contributed by atoms with Gasteiger partial charge in [-0.2, -0.15) is 0 Å². The summed E-state index contributed by atoms with van der Waals surface area (Å²) >= 11 is 0. The van der Waals surface area contributed by atoms with E-state index < -0.39 is 18.1 Å². The van der Waals surface area contributed by atoms with Crippen LogP contribution < -0.4 is 4.90 Å². The summed E-state index contributed by atoms with van der Waals surface area (Å²) in [6.45, 7) is 10.2. The number of hydrogen-bond acceptors (Lipinski definition) is 4. The molecule has 3 aromatic carbocycles. The molecule has 1 atom stereocenters. The van der Waals surface area contributed by atoms with Crippen LogP contribution in [-0.2, 0) is 26.3 Å². The van der Waals surface area contributed by atoms with Crippen LogP contribution in [0.3, 0.4) is 0 Å². The standard InChI is InChI=1S/C29H33NO4/c1-6-33-27(31)21(2)30(28(32)34-20-22-12-8-7-9-13-22)26-15-11-10-14-25(26)23-16-18-24(19-17-23)29(3,4)5/h7-19,21H,6,20H2,1-5H3/t21-/m0/s1. The van der Waals surface area contributed by atoms with Gasteiger partial charge in [0.05, 0.1) is 12.3 Å². The molecule has 5 heteroatoms. The molecule has 0 aliphatic heterocycles. The van der Waals surface area contributed by atoms with Gasteiger partial charge in [-0.3, -0.25) is 4.90 Å². The van der Waals surface area contributed by atoms with Crippen LogP contribution in [0.4, 0.5) is 10.5 Å². The van der Waals surface area contributed by atoms with Gasteiger partial charge in [0.1, 0.15) is 12.6 Å². The number of para-hydroxylation sites is 1. The Balaban J connectivity index is 1.99. The average molecular weight is 460 g/mol. The molecule has 1 amide bonds. The van der Waals surface area contributed by atoms with Crippen LogP contribution in [0, 0.1) is 0 Å². The van der Waals surface area contributed by atoms with Crippen LogP contribution in [0.15, 0.2) is 78.9 Å². The second kappa shape index (κ2) is 11.0. The van der Waals surface area contributed by atoms with E-state index in [9.17, 15) is 9.59 Å². The quantitative estimate of drug-likeness (QED) is 0.367. The van der Waals surface area contributed by atoms with Crippen molar-refractivity contribution in [1.82, 2.24) is 0 Å². The molecule has 0 unspecified atom stereocenters. The molecule has 0 bridgehead atoms. The second-order valence-electron chi connectivity index (χ2n) is 9.18. The lowest BCUT2D eigenvalue weighted by Gasteiger charge is -2.29. The first-order chi connectivity index (χ1) is 16.2. The van der Waals surface area contributed by atoms with Gasteiger partial charge in [-0.15, -0.1) is 0 Å². The van der Waals surface area contributed by atoms with E-state index in [0.29, 0.717) is 5.69 Å². The molecule has 3 rings (SSSR count). The van der Waals surface area contributed by atoms with Crippen molar-refractivity contribution in [3.8, 4) is 11.1 Å². The molecule has 0 aromatic heterocycles. The van der Waals surface area contributed by atoms with Crippen LogP contribution in [-0.4, -0.2) is 24.7 Å². The lowest BCUT2D eigenvalue weighted by atomic mass is 9.86. The number of carbonyl (C=O) groups is 2. The zero-order chi connectivity index (χ0) is 24.7. The van der Waals surface area contributed by atoms with Gasteiger partial charge >= 0.3 is 12.1 Å². The SMILES string of the molecule is CCOC(=O)[C@H](C)N(C(=O)OCc1ccccc1)c1ccccc1-c1ccc(C(C)(C)C)cc1. The fraction of sp³-hybridized carbons (Fsp3) is 0.310. The Morgan fingerprint density at radius 1 is 0.853 bits per heavy atom. The van der Waals surface area contributed by atoms with Crippen LogP contribution in [0.25, 0.3) is 11.1 Å². The Kier molecular flexibility index (Phi) is 8.11. The van der Waals surface area contributed by atoms with E-state index in [1.54, 1.807) is 13.8 Å². The molecule has 178 valence electrons. The normalized spacial score (nSPS) is 12.0. The van der Waals surface area contributed by atoms with Crippen molar-refractivity contribution < 1.29 is 19.1 Å². The van der Waals surface area contributed by atoms with Crippen molar-refractivity contribution in [1.29, 1.82) is 0 Å². The van der Waals surface area contributed by atoms with Gasteiger partial charge < -0.3 is 9.47 Å². The molecule has 0 aliphatic carbocycles. The Hall–Kier alpha value is -3.60. The molecule has 0 saturated carbocycles. The van der Waals surface area contributed by atoms with E-state index in [1.165, 1.54) is 10.5 Å². The molecule has 0 radical (unpaired) electrons. The van der Waals surface area contributed by atoms with Gasteiger partial charge in [0.25, 0.3) is 0 Å². The van der Waals surface area contributed by atoms with Gasteiger partial charge in [0.2, 0.25) is 0 Å². The summed E-state index contributed by atoms with van der Waals surface area (Å²) in [7, 11) is 0. The first-order valence-corrected chi connectivity index (χ1v) is 11.6. The zero-order valence-electron chi connectivity index (χ0n) is 20.6. The highest BCUT2D eigenvalue weighted by molar-refractivity contribution is 5.99. The Labute approximate surface area is 202 Å². The number of anilines is 1. The van der Waals surface area contributed by atoms with E-state index in [2.05, 4.69) is 32.9 Å². The Morgan fingerprint density at radius 2 is 1.47 bits per heavy atom. The highest BCUT2D eigenvalue weighted by Crippen LogP contribution is 2.34. The molecule has 0 aliphatic rings. The van der Waals surface area contributed by atoms with Gasteiger partial charge in [-0.05, 0) is 42.0 Å². The predicted octanol–water partition coefficient (Wildman–Crippen LogP) is 6.75. The summed E-state index contributed by atoms with van der Waals surface area (Å²) in [5.74, 6) is -0.489. The maximum Gasteiger partial charge on any atom is 0.415 e. The van der Waals surface area contributed by atoms with Crippen LogP contribution >= 0.6 is 0 Å². The first-order valence-electron chi connectivity index (χ1n) is 11.6. The topological polar surface area (TPSA) is 55.8 Å². The number of rotatable bonds is 7. The fourth-order valence-electron chi connectivity index (χ4n) is 3.70. The van der Waals surface area contributed by atoms with E-state index >= 15 is 0 Å². The van der Waals surface area contributed by atoms with Crippen LogP contribution in [0.1, 0.15) is 45.7 Å². The molecule has 34 heavy (non-hydrogen) atoms. The largest absolute Gasteiger partial charge is 0.464 e. The number of amides is 1. The maximum absolute atomic E-state index is 13.3. The van der Waals surface area contributed by atoms with Gasteiger partial charge in [0, 0.05) is 5.56 Å². The lowest BCUT2D eigenvalue weighted by molar-refractivity contribution is -0.144. The molecule has 0 spiro atoms. The van der Waals surface area contributed by atoms with E-state index in [0.717, 1.165) is 16.7 Å². The minimum Gasteiger partial charge on any atom is -0.464 e. The van der Waals surface area contributed by atoms with E-state index in [1.807, 2.05) is 66.7 Å². The number of benzene rings is 3. The molecule has 0 N–H and O–H groups in total. The van der Waals surface area contributed by atoms with Crippen molar-refractivity contribution in [3.05, 3.63) is 90.0 Å². The highest BCUT2D eigenvalue weighted by atomic mass is 16.6. The monoisotopic (exact) mass is 459 g/mol. The van der Waals surface area contributed by atoms with Crippen molar-refractivity contribution in [2.45, 2.75) is 52.7 Å². The number of hydrogen-bond donors (Lipinski definition) is 0. The molecule has 0 fully saturated rings. The number of ether oxygens (including phenoxy) is 2. The summed E-state index contributed by atoms with van der Waals surface area (Å²) in [6, 6.07) is 24.4. The summed E-state index contributed by atoms with van der Waals surface area (Å²) in [5.41, 5.74) is 4.48. The van der Waals surface area contributed by atoms with E-state index in [-0.39, 0.29) is 18.6 Å². The summed E-state index contributed by atoms with van der Waals surface area (Å²) < 4.78 is 10.9. The number of carbonyl (C=O) groups excluding carboxylic acids is 2. The molecular formula is C29H33NO4. The molecule has 5 nitrogen and oxygen atoms in total. The maximum atomic E-state index is 13.3. The third-order valence-electron chi connectivity index (χ3n) is 5.64.